The van der Waals surface area contributed by atoms with Crippen molar-refractivity contribution < 1.29 is 14.3 Å². The molecular weight excluding hydrogens is 370 g/mol. The Morgan fingerprint density at radius 1 is 1.24 bits per heavy atom. The molecular formula is C22H23N3O4. The summed E-state index contributed by atoms with van der Waals surface area (Å²) in [5.41, 5.74) is 2.19. The van der Waals surface area contributed by atoms with Gasteiger partial charge < -0.3 is 18.9 Å². The zero-order valence-electron chi connectivity index (χ0n) is 16.7. The van der Waals surface area contributed by atoms with E-state index < -0.39 is 0 Å². The summed E-state index contributed by atoms with van der Waals surface area (Å²) in [7, 11) is 1.74. The maximum absolute atomic E-state index is 12.9. The highest BCUT2D eigenvalue weighted by molar-refractivity contribution is 5.97. The largest absolute Gasteiger partial charge is 0.486 e. The predicted octanol–water partition coefficient (Wildman–Crippen LogP) is 2.64. The van der Waals surface area contributed by atoms with Crippen molar-refractivity contribution in [3.05, 3.63) is 64.1 Å². The monoisotopic (exact) mass is 393 g/mol. The van der Waals surface area contributed by atoms with E-state index in [1.54, 1.807) is 41.6 Å². The molecule has 150 valence electrons. The average molecular weight is 393 g/mol. The Balaban J connectivity index is 1.54. The lowest BCUT2D eigenvalue weighted by molar-refractivity contribution is 0.0521. The van der Waals surface area contributed by atoms with Gasteiger partial charge in [-0.25, -0.2) is 4.98 Å². The minimum atomic E-state index is -0.245. The summed E-state index contributed by atoms with van der Waals surface area (Å²) >= 11 is 0. The third-order valence-corrected chi connectivity index (χ3v) is 5.06. The number of para-hydroxylation sites is 2. The number of carbonyl (C=O) groups is 1. The molecule has 0 unspecified atom stereocenters. The summed E-state index contributed by atoms with van der Waals surface area (Å²) in [5.74, 6) is 1.27. The van der Waals surface area contributed by atoms with Crippen LogP contribution in [0.3, 0.4) is 0 Å². The number of fused-ring (bicyclic) bond motifs is 2. The smallest absolute Gasteiger partial charge is 0.272 e. The number of nitrogens with zero attached hydrogens (tertiary/aromatic N) is 3. The molecule has 3 aromatic rings. The zero-order chi connectivity index (χ0) is 20.5. The summed E-state index contributed by atoms with van der Waals surface area (Å²) in [4.78, 5) is 31.2. The molecule has 0 fully saturated rings. The number of likely N-dealkylation sites (N-methyl/N-ethyl adjacent to an activating group) is 1. The zero-order valence-corrected chi connectivity index (χ0v) is 16.7. The average Bonchev–Trinajstić information content (AvgIpc) is 2.73. The number of carbonyl (C=O) groups excluding carboxylic acids is 1. The second-order valence-electron chi connectivity index (χ2n) is 7.13. The lowest BCUT2D eigenvalue weighted by atomic mass is 10.1. The van der Waals surface area contributed by atoms with Gasteiger partial charge in [0.25, 0.3) is 11.5 Å². The van der Waals surface area contributed by atoms with Gasteiger partial charge in [0, 0.05) is 19.2 Å². The Morgan fingerprint density at radius 2 is 2.00 bits per heavy atom. The van der Waals surface area contributed by atoms with Crippen molar-refractivity contribution in [2.75, 3.05) is 20.2 Å². The number of rotatable bonds is 4. The van der Waals surface area contributed by atoms with Gasteiger partial charge in [0.05, 0.1) is 17.6 Å². The Kier molecular flexibility index (Phi) is 4.96. The van der Waals surface area contributed by atoms with Crippen molar-refractivity contribution >= 4 is 16.9 Å². The van der Waals surface area contributed by atoms with Gasteiger partial charge in [-0.2, -0.15) is 0 Å². The van der Waals surface area contributed by atoms with Crippen LogP contribution in [0.4, 0.5) is 0 Å². The van der Waals surface area contributed by atoms with E-state index in [0.717, 1.165) is 11.3 Å². The third kappa shape index (κ3) is 3.55. The number of aryl methyl sites for hydroxylation is 2. The Hall–Kier alpha value is -3.35. The number of hydrogen-bond acceptors (Lipinski definition) is 5. The summed E-state index contributed by atoms with van der Waals surface area (Å²) in [5, 5.41) is 0. The van der Waals surface area contributed by atoms with Crippen LogP contribution < -0.4 is 15.0 Å². The van der Waals surface area contributed by atoms with Crippen LogP contribution in [-0.4, -0.2) is 46.7 Å². The SMILES string of the molecule is CCn1c(=O)c(C)nc2cc(C(=O)N(C)C[C@H]3COc4ccccc4O3)ccc21. The molecule has 0 saturated carbocycles. The Morgan fingerprint density at radius 3 is 2.76 bits per heavy atom. The number of hydrogen-bond donors (Lipinski definition) is 0. The van der Waals surface area contributed by atoms with E-state index in [2.05, 4.69) is 4.98 Å². The molecule has 7 heteroatoms. The first-order chi connectivity index (χ1) is 14.0. The molecule has 1 atom stereocenters. The van der Waals surface area contributed by atoms with Gasteiger partial charge in [-0.15, -0.1) is 0 Å². The first kappa shape index (κ1) is 19.0. The van der Waals surface area contributed by atoms with E-state index in [1.165, 1.54) is 0 Å². The Bertz CT molecular complexity index is 1140. The molecule has 0 N–H and O–H groups in total. The highest BCUT2D eigenvalue weighted by Gasteiger charge is 2.24. The van der Waals surface area contributed by atoms with E-state index in [9.17, 15) is 9.59 Å². The van der Waals surface area contributed by atoms with Gasteiger partial charge in [0.2, 0.25) is 0 Å². The van der Waals surface area contributed by atoms with Crippen molar-refractivity contribution in [1.82, 2.24) is 14.5 Å². The van der Waals surface area contributed by atoms with Crippen molar-refractivity contribution in [3.63, 3.8) is 0 Å². The molecule has 7 nitrogen and oxygen atoms in total. The minimum absolute atomic E-state index is 0.106. The van der Waals surface area contributed by atoms with Gasteiger partial charge in [-0.1, -0.05) is 12.1 Å². The summed E-state index contributed by atoms with van der Waals surface area (Å²) in [6.07, 6.45) is -0.245. The van der Waals surface area contributed by atoms with Crippen molar-refractivity contribution in [2.24, 2.45) is 0 Å². The molecule has 0 spiro atoms. The van der Waals surface area contributed by atoms with Gasteiger partial charge >= 0.3 is 0 Å². The maximum atomic E-state index is 12.9. The van der Waals surface area contributed by atoms with Crippen molar-refractivity contribution in [2.45, 2.75) is 26.5 Å². The second-order valence-corrected chi connectivity index (χ2v) is 7.13. The number of benzene rings is 2. The molecule has 1 aliphatic rings. The van der Waals surface area contributed by atoms with Crippen molar-refractivity contribution in [3.8, 4) is 11.5 Å². The first-order valence-electron chi connectivity index (χ1n) is 9.63. The molecule has 2 aromatic carbocycles. The van der Waals surface area contributed by atoms with E-state index in [0.29, 0.717) is 42.2 Å². The van der Waals surface area contributed by atoms with Crippen LogP contribution in [0.25, 0.3) is 11.0 Å². The summed E-state index contributed by atoms with van der Waals surface area (Å²) in [6.45, 7) is 4.93. The summed E-state index contributed by atoms with van der Waals surface area (Å²) in [6, 6.07) is 12.8. The predicted molar refractivity (Wildman–Crippen MR) is 110 cm³/mol. The molecule has 29 heavy (non-hydrogen) atoms. The number of ether oxygens (including phenoxy) is 2. The van der Waals surface area contributed by atoms with Gasteiger partial charge in [-0.05, 0) is 44.2 Å². The first-order valence-corrected chi connectivity index (χ1v) is 9.63. The van der Waals surface area contributed by atoms with Gasteiger partial charge in [0.1, 0.15) is 12.3 Å². The molecule has 1 aromatic heterocycles. The quantitative estimate of drug-likeness (QED) is 0.681. The normalized spacial score (nSPS) is 15.3. The van der Waals surface area contributed by atoms with Gasteiger partial charge in [0.15, 0.2) is 17.6 Å². The van der Waals surface area contributed by atoms with E-state index >= 15 is 0 Å². The fourth-order valence-corrected chi connectivity index (χ4v) is 3.58. The van der Waals surface area contributed by atoms with Crippen LogP contribution in [0.5, 0.6) is 11.5 Å². The van der Waals surface area contributed by atoms with E-state index in [4.69, 9.17) is 9.47 Å². The fraction of sp³-hybridized carbons (Fsp3) is 0.318. The lowest BCUT2D eigenvalue weighted by Gasteiger charge is -2.29. The fourth-order valence-electron chi connectivity index (χ4n) is 3.58. The molecule has 0 bridgehead atoms. The van der Waals surface area contributed by atoms with Crippen LogP contribution in [0.2, 0.25) is 0 Å². The van der Waals surface area contributed by atoms with E-state index in [-0.39, 0.29) is 17.6 Å². The van der Waals surface area contributed by atoms with Crippen LogP contribution in [0, 0.1) is 6.92 Å². The third-order valence-electron chi connectivity index (χ3n) is 5.06. The molecule has 0 aliphatic carbocycles. The van der Waals surface area contributed by atoms with Crippen molar-refractivity contribution in [1.29, 1.82) is 0 Å². The standard InChI is InChI=1S/C22H23N3O4/c1-4-25-18-10-9-15(11-17(18)23-14(2)21(25)26)22(27)24(3)12-16-13-28-19-7-5-6-8-20(19)29-16/h5-11,16H,4,12-13H2,1-3H3/t16-/m0/s1. The minimum Gasteiger partial charge on any atom is -0.486 e. The van der Waals surface area contributed by atoms with Crippen LogP contribution in [0.15, 0.2) is 47.3 Å². The highest BCUT2D eigenvalue weighted by Crippen LogP contribution is 2.31. The van der Waals surface area contributed by atoms with E-state index in [1.807, 2.05) is 31.2 Å². The molecule has 1 amide bonds. The molecule has 2 heterocycles. The molecule has 0 radical (unpaired) electrons. The van der Waals surface area contributed by atoms with Gasteiger partial charge in [-0.3, -0.25) is 9.59 Å². The maximum Gasteiger partial charge on any atom is 0.272 e. The Labute approximate surface area is 168 Å². The molecule has 1 aliphatic heterocycles. The lowest BCUT2D eigenvalue weighted by Crippen LogP contribution is -2.41. The highest BCUT2D eigenvalue weighted by atomic mass is 16.6. The second kappa shape index (κ2) is 7.58. The number of amides is 1. The summed E-state index contributed by atoms with van der Waals surface area (Å²) < 4.78 is 13.3. The molecule has 0 saturated heterocycles. The van der Waals surface area contributed by atoms with Crippen LogP contribution in [0.1, 0.15) is 23.0 Å². The molecule has 4 rings (SSSR count). The topological polar surface area (TPSA) is 73.7 Å². The van der Waals surface area contributed by atoms with Crippen LogP contribution >= 0.6 is 0 Å². The van der Waals surface area contributed by atoms with Crippen LogP contribution in [-0.2, 0) is 6.54 Å². The number of aromatic nitrogens is 2.